The molecule has 0 bridgehead atoms. The lowest BCUT2D eigenvalue weighted by Gasteiger charge is -2.40. The lowest BCUT2D eigenvalue weighted by Crippen LogP contribution is -2.32. The van der Waals surface area contributed by atoms with Gasteiger partial charge in [0.15, 0.2) is 17.5 Å². The van der Waals surface area contributed by atoms with Gasteiger partial charge in [-0.25, -0.2) is 15.0 Å². The fourth-order valence-corrected chi connectivity index (χ4v) is 11.3. The van der Waals surface area contributed by atoms with Crippen LogP contribution in [-0.2, 0) is 5.41 Å². The first-order chi connectivity index (χ1) is 34.7. The van der Waals surface area contributed by atoms with Gasteiger partial charge in [0, 0.05) is 27.8 Å². The normalized spacial score (nSPS) is 12.8. The molecule has 0 radical (unpaired) electrons. The van der Waals surface area contributed by atoms with Gasteiger partial charge in [0.2, 0.25) is 0 Å². The number of fused-ring (bicyclic) bond motifs is 14. The second-order valence-electron chi connectivity index (χ2n) is 18.2. The molecule has 0 unspecified atom stereocenters. The Hall–Kier alpha value is -9.25. The van der Waals surface area contributed by atoms with Crippen molar-refractivity contribution in [2.45, 2.75) is 5.41 Å². The summed E-state index contributed by atoms with van der Waals surface area (Å²) in [5.74, 6) is 3.69. The predicted molar refractivity (Wildman–Crippen MR) is 285 cm³/mol. The molecule has 0 atom stereocenters. The maximum absolute atomic E-state index is 6.78. The van der Waals surface area contributed by atoms with E-state index in [4.69, 9.17) is 19.7 Å². The van der Waals surface area contributed by atoms with Crippen LogP contribution in [0, 0.1) is 0 Å². The van der Waals surface area contributed by atoms with E-state index in [-0.39, 0.29) is 0 Å². The zero-order chi connectivity index (χ0) is 46.2. The average Bonchev–Trinajstić information content (AvgIpc) is 3.75. The van der Waals surface area contributed by atoms with Gasteiger partial charge in [0.25, 0.3) is 0 Å². The molecule has 326 valence electrons. The van der Waals surface area contributed by atoms with E-state index in [1.807, 2.05) is 60.7 Å². The molecule has 1 spiro atoms. The van der Waals surface area contributed by atoms with Crippen LogP contribution in [0.25, 0.3) is 100 Å². The zero-order valence-electron chi connectivity index (χ0n) is 37.9. The molecule has 0 fully saturated rings. The number of para-hydroxylation sites is 2. The van der Waals surface area contributed by atoms with Crippen molar-refractivity contribution < 1.29 is 4.74 Å². The molecule has 0 N–H and O–H groups in total. The Labute approximate surface area is 405 Å². The molecule has 1 aromatic heterocycles. The molecular formula is C66H41N3O. The first kappa shape index (κ1) is 39.9. The van der Waals surface area contributed by atoms with E-state index in [0.29, 0.717) is 17.5 Å². The van der Waals surface area contributed by atoms with Crippen LogP contribution >= 0.6 is 0 Å². The minimum Gasteiger partial charge on any atom is -0.457 e. The van der Waals surface area contributed by atoms with E-state index in [1.165, 1.54) is 43.8 Å². The molecule has 14 rings (SSSR count). The first-order valence-electron chi connectivity index (χ1n) is 23.8. The summed E-state index contributed by atoms with van der Waals surface area (Å²) in [6.07, 6.45) is 0. The van der Waals surface area contributed by atoms with E-state index in [9.17, 15) is 0 Å². The van der Waals surface area contributed by atoms with Crippen molar-refractivity contribution in [3.8, 4) is 90.2 Å². The third-order valence-corrected chi connectivity index (χ3v) is 14.3. The Morgan fingerprint density at radius 2 is 0.657 bits per heavy atom. The van der Waals surface area contributed by atoms with Crippen molar-refractivity contribution >= 4 is 21.5 Å². The largest absolute Gasteiger partial charge is 0.457 e. The van der Waals surface area contributed by atoms with Crippen molar-refractivity contribution in [2.24, 2.45) is 0 Å². The molecule has 2 aliphatic rings. The number of ether oxygens (including phenoxy) is 1. The van der Waals surface area contributed by atoms with Crippen molar-refractivity contribution in [1.29, 1.82) is 0 Å². The Kier molecular flexibility index (Phi) is 9.08. The molecular weight excluding hydrogens is 851 g/mol. The third-order valence-electron chi connectivity index (χ3n) is 14.3. The van der Waals surface area contributed by atoms with E-state index in [2.05, 4.69) is 188 Å². The zero-order valence-corrected chi connectivity index (χ0v) is 37.9. The number of nitrogens with zero attached hydrogens (tertiary/aromatic N) is 3. The molecule has 0 amide bonds. The number of rotatable bonds is 6. The lowest BCUT2D eigenvalue weighted by atomic mass is 9.64. The second kappa shape index (κ2) is 15.9. The summed E-state index contributed by atoms with van der Waals surface area (Å²) >= 11 is 0. The number of benzene rings is 11. The Morgan fingerprint density at radius 1 is 0.271 bits per heavy atom. The van der Waals surface area contributed by atoms with Crippen molar-refractivity contribution in [3.05, 3.63) is 271 Å². The standard InChI is InChI=1S/C66H41N3O/c1-3-18-42(19-4-1)63-67-64(43-20-5-2-6-21-43)69-65(68-63)50-27-17-26-48(40-50)46-24-15-22-44(38-46)45-23-16-25-47(39-45)49-36-37-55-58(41-49)66(56-32-11-13-34-59(56)70-60-35-14-12-33-57(60)66)62-54-31-10-8-29-52(54)51-28-7-9-30-53(51)61(55)62/h1-41H. The average molecular weight is 892 g/mol. The topological polar surface area (TPSA) is 47.9 Å². The van der Waals surface area contributed by atoms with E-state index >= 15 is 0 Å². The van der Waals surface area contributed by atoms with Gasteiger partial charge in [-0.15, -0.1) is 0 Å². The molecule has 4 heteroatoms. The highest BCUT2D eigenvalue weighted by atomic mass is 16.5. The molecule has 4 nitrogen and oxygen atoms in total. The molecule has 0 saturated carbocycles. The summed E-state index contributed by atoms with van der Waals surface area (Å²) in [7, 11) is 0. The molecule has 70 heavy (non-hydrogen) atoms. The van der Waals surface area contributed by atoms with Gasteiger partial charge in [-0.05, 0) is 114 Å². The van der Waals surface area contributed by atoms with Crippen LogP contribution < -0.4 is 4.74 Å². The van der Waals surface area contributed by atoms with Crippen LogP contribution in [0.2, 0.25) is 0 Å². The first-order valence-corrected chi connectivity index (χ1v) is 23.8. The van der Waals surface area contributed by atoms with Crippen LogP contribution in [0.3, 0.4) is 0 Å². The highest BCUT2D eigenvalue weighted by molar-refractivity contribution is 6.19. The molecule has 12 aromatic rings. The van der Waals surface area contributed by atoms with Crippen molar-refractivity contribution in [3.63, 3.8) is 0 Å². The number of aromatic nitrogens is 3. The van der Waals surface area contributed by atoms with E-state index in [0.717, 1.165) is 72.7 Å². The predicted octanol–water partition coefficient (Wildman–Crippen LogP) is 16.6. The Bertz CT molecular complexity index is 3950. The Balaban J connectivity index is 0.891. The molecule has 0 saturated heterocycles. The third kappa shape index (κ3) is 6.20. The van der Waals surface area contributed by atoms with Crippen molar-refractivity contribution in [2.75, 3.05) is 0 Å². The van der Waals surface area contributed by atoms with Crippen LogP contribution in [0.4, 0.5) is 0 Å². The highest BCUT2D eigenvalue weighted by Gasteiger charge is 2.52. The summed E-state index contributed by atoms with van der Waals surface area (Å²) < 4.78 is 6.78. The minimum absolute atomic E-state index is 0.631. The fraction of sp³-hybridized carbons (Fsp3) is 0.0152. The van der Waals surface area contributed by atoms with Crippen molar-refractivity contribution in [1.82, 2.24) is 15.0 Å². The van der Waals surface area contributed by atoms with Crippen LogP contribution in [0.15, 0.2) is 249 Å². The van der Waals surface area contributed by atoms with Gasteiger partial charge in [0.05, 0.1) is 5.41 Å². The van der Waals surface area contributed by atoms with Crippen LogP contribution in [-0.4, -0.2) is 15.0 Å². The molecule has 1 aliphatic heterocycles. The van der Waals surface area contributed by atoms with Gasteiger partial charge in [-0.3, -0.25) is 0 Å². The van der Waals surface area contributed by atoms with E-state index < -0.39 is 5.41 Å². The lowest BCUT2D eigenvalue weighted by molar-refractivity contribution is 0.437. The summed E-state index contributed by atoms with van der Waals surface area (Å²) in [6.45, 7) is 0. The van der Waals surface area contributed by atoms with Crippen LogP contribution in [0.1, 0.15) is 22.3 Å². The maximum Gasteiger partial charge on any atom is 0.164 e. The SMILES string of the molecule is c1ccc(-c2nc(-c3ccccc3)nc(-c3cccc(-c4cccc(-c5cccc(-c6ccc7c(c6)C6(c8ccccc8Oc8ccccc86)c6c-7c7ccccc7c7ccccc67)c5)c4)c3)n2)cc1. The highest BCUT2D eigenvalue weighted by Crippen LogP contribution is 2.65. The number of hydrogen-bond acceptors (Lipinski definition) is 4. The summed E-state index contributed by atoms with van der Waals surface area (Å²) in [4.78, 5) is 15.0. The molecule has 1 aliphatic carbocycles. The van der Waals surface area contributed by atoms with Gasteiger partial charge >= 0.3 is 0 Å². The second-order valence-corrected chi connectivity index (χ2v) is 18.2. The van der Waals surface area contributed by atoms with Crippen LogP contribution in [0.5, 0.6) is 11.5 Å². The quantitative estimate of drug-likeness (QED) is 0.156. The summed E-state index contributed by atoms with van der Waals surface area (Å²) in [5.41, 5.74) is 16.4. The van der Waals surface area contributed by atoms with Gasteiger partial charge in [-0.1, -0.05) is 212 Å². The molecule has 11 aromatic carbocycles. The molecule has 2 heterocycles. The Morgan fingerprint density at radius 3 is 1.20 bits per heavy atom. The van der Waals surface area contributed by atoms with Gasteiger partial charge in [0.1, 0.15) is 11.5 Å². The van der Waals surface area contributed by atoms with Gasteiger partial charge < -0.3 is 4.74 Å². The maximum atomic E-state index is 6.78. The number of hydrogen-bond donors (Lipinski definition) is 0. The van der Waals surface area contributed by atoms with E-state index in [1.54, 1.807) is 0 Å². The summed E-state index contributed by atoms with van der Waals surface area (Å²) in [6, 6.07) is 88.9. The van der Waals surface area contributed by atoms with Gasteiger partial charge in [-0.2, -0.15) is 0 Å². The summed E-state index contributed by atoms with van der Waals surface area (Å²) in [5, 5.41) is 5.04. The smallest absolute Gasteiger partial charge is 0.164 e. The monoisotopic (exact) mass is 891 g/mol. The fourth-order valence-electron chi connectivity index (χ4n) is 11.3. The minimum atomic E-state index is -0.635.